The van der Waals surface area contributed by atoms with Crippen molar-refractivity contribution in [1.29, 1.82) is 0 Å². The zero-order chi connectivity index (χ0) is 14.4. The minimum atomic E-state index is 0. The second-order valence-corrected chi connectivity index (χ2v) is 5.55. The number of nitrogens with zero attached hydrogens (tertiary/aromatic N) is 1. The predicted octanol–water partition coefficient (Wildman–Crippen LogP) is 3.20. The van der Waals surface area contributed by atoms with Crippen LogP contribution in [0.15, 0.2) is 30.3 Å². The Labute approximate surface area is 134 Å². The van der Waals surface area contributed by atoms with E-state index >= 15 is 0 Å². The number of benzene rings is 1. The Kier molecular flexibility index (Phi) is 7.76. The number of amides is 1. The molecule has 1 fully saturated rings. The summed E-state index contributed by atoms with van der Waals surface area (Å²) in [5, 5.41) is 3.37. The molecule has 0 aromatic heterocycles. The van der Waals surface area contributed by atoms with E-state index < -0.39 is 0 Å². The number of hydrogen-bond donors (Lipinski definition) is 1. The van der Waals surface area contributed by atoms with Crippen molar-refractivity contribution in [3.8, 4) is 0 Å². The lowest BCUT2D eigenvalue weighted by Crippen LogP contribution is -2.44. The third-order valence-corrected chi connectivity index (χ3v) is 4.13. The van der Waals surface area contributed by atoms with Gasteiger partial charge >= 0.3 is 0 Å². The third-order valence-electron chi connectivity index (χ3n) is 4.13. The molecule has 4 heteroatoms. The highest BCUT2D eigenvalue weighted by Crippen LogP contribution is 2.24. The van der Waals surface area contributed by atoms with Crippen LogP contribution in [-0.2, 0) is 4.79 Å². The van der Waals surface area contributed by atoms with Crippen molar-refractivity contribution in [3.05, 3.63) is 35.9 Å². The number of halogens is 1. The molecule has 1 saturated heterocycles. The van der Waals surface area contributed by atoms with Gasteiger partial charge in [0.05, 0.1) is 5.92 Å². The molecule has 1 heterocycles. The molecule has 1 aromatic rings. The van der Waals surface area contributed by atoms with Crippen molar-refractivity contribution in [2.75, 3.05) is 19.6 Å². The van der Waals surface area contributed by atoms with Crippen molar-refractivity contribution in [3.63, 3.8) is 0 Å². The van der Waals surface area contributed by atoms with Gasteiger partial charge in [-0.3, -0.25) is 4.79 Å². The second kappa shape index (κ2) is 9.06. The molecule has 3 nitrogen and oxygen atoms in total. The molecule has 1 aliphatic rings. The summed E-state index contributed by atoms with van der Waals surface area (Å²) in [4.78, 5) is 15.1. The SMILES string of the molecule is CCCN(C(=O)C(CC)c1ccccc1)C1CCNC1.Cl. The van der Waals surface area contributed by atoms with Gasteiger partial charge in [-0.05, 0) is 31.4 Å². The first-order chi connectivity index (χ1) is 9.77. The van der Waals surface area contributed by atoms with Crippen LogP contribution < -0.4 is 5.32 Å². The fourth-order valence-electron chi connectivity index (χ4n) is 3.06. The molecule has 118 valence electrons. The predicted molar refractivity (Wildman–Crippen MR) is 90.0 cm³/mol. The van der Waals surface area contributed by atoms with Crippen molar-refractivity contribution in [1.82, 2.24) is 10.2 Å². The van der Waals surface area contributed by atoms with E-state index in [1.807, 2.05) is 18.2 Å². The standard InChI is InChI=1S/C17H26N2O.ClH/c1-3-12-19(15-10-11-18-13-15)17(20)16(4-2)14-8-6-5-7-9-14;/h5-9,15-16,18H,3-4,10-13H2,1-2H3;1H. The van der Waals surface area contributed by atoms with Gasteiger partial charge in [-0.25, -0.2) is 0 Å². The van der Waals surface area contributed by atoms with E-state index in [9.17, 15) is 4.79 Å². The lowest BCUT2D eigenvalue weighted by molar-refractivity contribution is -0.135. The summed E-state index contributed by atoms with van der Waals surface area (Å²) in [5.41, 5.74) is 1.15. The molecule has 1 aliphatic heterocycles. The number of nitrogens with one attached hydrogen (secondary N) is 1. The van der Waals surface area contributed by atoms with Crippen molar-refractivity contribution >= 4 is 18.3 Å². The van der Waals surface area contributed by atoms with Gasteiger partial charge in [-0.2, -0.15) is 0 Å². The molecule has 2 atom stereocenters. The molecule has 0 bridgehead atoms. The Morgan fingerprint density at radius 3 is 2.57 bits per heavy atom. The highest BCUT2D eigenvalue weighted by molar-refractivity contribution is 5.85. The van der Waals surface area contributed by atoms with Crippen LogP contribution in [0.2, 0.25) is 0 Å². The number of carbonyl (C=O) groups excluding carboxylic acids is 1. The van der Waals surface area contributed by atoms with Gasteiger partial charge in [-0.1, -0.05) is 44.2 Å². The molecule has 1 amide bonds. The van der Waals surface area contributed by atoms with Crippen LogP contribution in [0.25, 0.3) is 0 Å². The van der Waals surface area contributed by atoms with Crippen LogP contribution in [0.1, 0.15) is 44.6 Å². The molecule has 0 aliphatic carbocycles. The molecule has 21 heavy (non-hydrogen) atoms. The molecular weight excluding hydrogens is 284 g/mol. The lowest BCUT2D eigenvalue weighted by Gasteiger charge is -2.31. The number of hydrogen-bond acceptors (Lipinski definition) is 2. The first-order valence-corrected chi connectivity index (χ1v) is 7.84. The molecule has 2 unspecified atom stereocenters. The van der Waals surface area contributed by atoms with E-state index in [2.05, 4.69) is 36.2 Å². The summed E-state index contributed by atoms with van der Waals surface area (Å²) >= 11 is 0. The number of carbonyl (C=O) groups is 1. The Balaban J connectivity index is 0.00000220. The first-order valence-electron chi connectivity index (χ1n) is 7.84. The van der Waals surface area contributed by atoms with Crippen LogP contribution in [0, 0.1) is 0 Å². The molecular formula is C17H27ClN2O. The molecule has 1 N–H and O–H groups in total. The minimum Gasteiger partial charge on any atom is -0.338 e. The minimum absolute atomic E-state index is 0. The maximum atomic E-state index is 13.0. The summed E-state index contributed by atoms with van der Waals surface area (Å²) < 4.78 is 0. The van der Waals surface area contributed by atoms with E-state index in [0.29, 0.717) is 11.9 Å². The largest absolute Gasteiger partial charge is 0.338 e. The maximum Gasteiger partial charge on any atom is 0.230 e. The van der Waals surface area contributed by atoms with Crippen molar-refractivity contribution < 1.29 is 4.79 Å². The van der Waals surface area contributed by atoms with Gasteiger partial charge in [-0.15, -0.1) is 12.4 Å². The van der Waals surface area contributed by atoms with E-state index in [4.69, 9.17) is 0 Å². The van der Waals surface area contributed by atoms with Gasteiger partial charge in [0.25, 0.3) is 0 Å². The van der Waals surface area contributed by atoms with Gasteiger partial charge < -0.3 is 10.2 Å². The Morgan fingerprint density at radius 2 is 2.05 bits per heavy atom. The summed E-state index contributed by atoms with van der Waals surface area (Å²) in [7, 11) is 0. The fraction of sp³-hybridized carbons (Fsp3) is 0.588. The van der Waals surface area contributed by atoms with Crippen LogP contribution in [0.3, 0.4) is 0 Å². The second-order valence-electron chi connectivity index (χ2n) is 5.55. The fourth-order valence-corrected chi connectivity index (χ4v) is 3.06. The zero-order valence-corrected chi connectivity index (χ0v) is 13.9. The summed E-state index contributed by atoms with van der Waals surface area (Å²) in [6, 6.07) is 10.6. The Morgan fingerprint density at radius 1 is 1.33 bits per heavy atom. The Bertz CT molecular complexity index is 418. The zero-order valence-electron chi connectivity index (χ0n) is 13.0. The summed E-state index contributed by atoms with van der Waals surface area (Å²) in [6.45, 7) is 7.09. The quantitative estimate of drug-likeness (QED) is 0.875. The average Bonchev–Trinajstić information content (AvgIpc) is 3.00. The van der Waals surface area contributed by atoms with E-state index in [-0.39, 0.29) is 18.3 Å². The Hall–Kier alpha value is -1.06. The van der Waals surface area contributed by atoms with Crippen LogP contribution in [0.4, 0.5) is 0 Å². The normalized spacial score (nSPS) is 18.9. The molecule has 0 radical (unpaired) electrons. The van der Waals surface area contributed by atoms with Crippen LogP contribution in [-0.4, -0.2) is 36.5 Å². The van der Waals surface area contributed by atoms with Crippen molar-refractivity contribution in [2.24, 2.45) is 0 Å². The van der Waals surface area contributed by atoms with E-state index in [1.165, 1.54) is 0 Å². The van der Waals surface area contributed by atoms with Gasteiger partial charge in [0.2, 0.25) is 5.91 Å². The van der Waals surface area contributed by atoms with E-state index in [0.717, 1.165) is 44.5 Å². The highest BCUT2D eigenvalue weighted by Gasteiger charge is 2.30. The molecule has 0 saturated carbocycles. The maximum absolute atomic E-state index is 13.0. The molecule has 1 aromatic carbocycles. The third kappa shape index (κ3) is 4.45. The van der Waals surface area contributed by atoms with Gasteiger partial charge in [0, 0.05) is 19.1 Å². The van der Waals surface area contributed by atoms with E-state index in [1.54, 1.807) is 0 Å². The average molecular weight is 311 g/mol. The summed E-state index contributed by atoms with van der Waals surface area (Å²) in [5.74, 6) is 0.303. The molecule has 0 spiro atoms. The van der Waals surface area contributed by atoms with Gasteiger partial charge in [0.15, 0.2) is 0 Å². The first kappa shape index (κ1) is 18.0. The summed E-state index contributed by atoms with van der Waals surface area (Å²) in [6.07, 6.45) is 2.97. The van der Waals surface area contributed by atoms with Crippen molar-refractivity contribution in [2.45, 2.75) is 45.1 Å². The smallest absolute Gasteiger partial charge is 0.230 e. The topological polar surface area (TPSA) is 32.3 Å². The van der Waals surface area contributed by atoms with Crippen LogP contribution >= 0.6 is 12.4 Å². The lowest BCUT2D eigenvalue weighted by atomic mass is 9.94. The van der Waals surface area contributed by atoms with Crippen LogP contribution in [0.5, 0.6) is 0 Å². The number of rotatable bonds is 6. The van der Waals surface area contributed by atoms with Gasteiger partial charge in [0.1, 0.15) is 0 Å². The monoisotopic (exact) mass is 310 g/mol. The molecule has 2 rings (SSSR count). The highest BCUT2D eigenvalue weighted by atomic mass is 35.5.